The SMILES string of the molecule is Nc1ccc2ncnc(NC3CCCc4sccc43)c2c1. The highest BCUT2D eigenvalue weighted by molar-refractivity contribution is 7.10. The largest absolute Gasteiger partial charge is 0.399 e. The minimum atomic E-state index is 0.333. The van der Waals surface area contributed by atoms with Gasteiger partial charge in [0, 0.05) is 16.0 Å². The molecule has 0 aliphatic heterocycles. The van der Waals surface area contributed by atoms with Crippen molar-refractivity contribution in [3.63, 3.8) is 0 Å². The Morgan fingerprint density at radius 3 is 3.14 bits per heavy atom. The van der Waals surface area contributed by atoms with Crippen molar-refractivity contribution >= 4 is 33.7 Å². The molecule has 1 aliphatic carbocycles. The first-order valence-electron chi connectivity index (χ1n) is 7.14. The standard InChI is InChI=1S/C16H16N4S/c17-10-4-5-13-12(8-10)16(19-9-18-13)20-14-2-1-3-15-11(14)6-7-21-15/h4-9,14H,1-3,17H2,(H,18,19,20). The summed E-state index contributed by atoms with van der Waals surface area (Å²) in [6.07, 6.45) is 5.16. The van der Waals surface area contributed by atoms with Crippen LogP contribution in [0.25, 0.3) is 10.9 Å². The van der Waals surface area contributed by atoms with Crippen molar-refractivity contribution in [1.82, 2.24) is 9.97 Å². The first-order valence-corrected chi connectivity index (χ1v) is 8.02. The third-order valence-electron chi connectivity index (χ3n) is 4.02. The molecule has 2 heterocycles. The number of aromatic nitrogens is 2. The highest BCUT2D eigenvalue weighted by atomic mass is 32.1. The highest BCUT2D eigenvalue weighted by Gasteiger charge is 2.22. The Kier molecular flexibility index (Phi) is 3.00. The predicted molar refractivity (Wildman–Crippen MR) is 87.6 cm³/mol. The maximum absolute atomic E-state index is 5.90. The van der Waals surface area contributed by atoms with Crippen molar-refractivity contribution in [3.8, 4) is 0 Å². The van der Waals surface area contributed by atoms with Crippen LogP contribution in [0.4, 0.5) is 11.5 Å². The second kappa shape index (κ2) is 5.00. The van der Waals surface area contributed by atoms with Gasteiger partial charge < -0.3 is 11.1 Å². The van der Waals surface area contributed by atoms with Crippen molar-refractivity contribution < 1.29 is 0 Å². The zero-order valence-corrected chi connectivity index (χ0v) is 12.4. The first kappa shape index (κ1) is 12.6. The molecular formula is C16H16N4S. The molecule has 0 saturated heterocycles. The van der Waals surface area contributed by atoms with Gasteiger partial charge >= 0.3 is 0 Å². The van der Waals surface area contributed by atoms with E-state index in [2.05, 4.69) is 26.7 Å². The van der Waals surface area contributed by atoms with Gasteiger partial charge in [0.25, 0.3) is 0 Å². The van der Waals surface area contributed by atoms with E-state index in [0.717, 1.165) is 28.8 Å². The van der Waals surface area contributed by atoms with Crippen molar-refractivity contribution in [3.05, 3.63) is 46.4 Å². The summed E-state index contributed by atoms with van der Waals surface area (Å²) in [5, 5.41) is 6.76. The molecular weight excluding hydrogens is 280 g/mol. The number of nitrogens with one attached hydrogen (secondary N) is 1. The normalized spacial score (nSPS) is 17.6. The van der Waals surface area contributed by atoms with Gasteiger partial charge in [0.1, 0.15) is 12.1 Å². The molecule has 0 spiro atoms. The molecule has 3 aromatic rings. The van der Waals surface area contributed by atoms with Gasteiger partial charge in [0.2, 0.25) is 0 Å². The van der Waals surface area contributed by atoms with E-state index >= 15 is 0 Å². The van der Waals surface area contributed by atoms with Gasteiger partial charge in [0.05, 0.1) is 11.6 Å². The molecule has 4 rings (SSSR count). The van der Waals surface area contributed by atoms with Crippen molar-refractivity contribution in [2.45, 2.75) is 25.3 Å². The Bertz CT molecular complexity index is 796. The van der Waals surface area contributed by atoms with Gasteiger partial charge in [-0.15, -0.1) is 11.3 Å². The maximum Gasteiger partial charge on any atom is 0.137 e. The van der Waals surface area contributed by atoms with Crippen LogP contribution in [0.3, 0.4) is 0 Å². The second-order valence-electron chi connectivity index (χ2n) is 5.39. The molecule has 21 heavy (non-hydrogen) atoms. The van der Waals surface area contributed by atoms with Gasteiger partial charge in [-0.3, -0.25) is 0 Å². The van der Waals surface area contributed by atoms with E-state index in [4.69, 9.17) is 5.73 Å². The Labute approximate surface area is 127 Å². The minimum absolute atomic E-state index is 0.333. The zero-order chi connectivity index (χ0) is 14.2. The van der Waals surface area contributed by atoms with Crippen LogP contribution in [-0.2, 0) is 6.42 Å². The lowest BCUT2D eigenvalue weighted by Crippen LogP contribution is -2.16. The van der Waals surface area contributed by atoms with Crippen molar-refractivity contribution in [2.75, 3.05) is 11.1 Å². The van der Waals surface area contributed by atoms with Gasteiger partial charge in [-0.25, -0.2) is 9.97 Å². The maximum atomic E-state index is 5.90. The summed E-state index contributed by atoms with van der Waals surface area (Å²) in [6, 6.07) is 8.31. The molecule has 0 fully saturated rings. The molecule has 0 amide bonds. The number of anilines is 2. The molecule has 1 aliphatic rings. The number of hydrogen-bond acceptors (Lipinski definition) is 5. The average Bonchev–Trinajstić information content (AvgIpc) is 2.97. The number of fused-ring (bicyclic) bond motifs is 2. The summed E-state index contributed by atoms with van der Waals surface area (Å²) in [7, 11) is 0. The molecule has 0 saturated carbocycles. The summed E-state index contributed by atoms with van der Waals surface area (Å²) in [5.74, 6) is 0.872. The number of thiophene rings is 1. The summed E-state index contributed by atoms with van der Waals surface area (Å²) in [6.45, 7) is 0. The summed E-state index contributed by atoms with van der Waals surface area (Å²) < 4.78 is 0. The lowest BCUT2D eigenvalue weighted by molar-refractivity contribution is 0.607. The number of benzene rings is 1. The Morgan fingerprint density at radius 1 is 1.24 bits per heavy atom. The van der Waals surface area contributed by atoms with Gasteiger partial charge in [-0.05, 0) is 54.5 Å². The Hall–Kier alpha value is -2.14. The van der Waals surface area contributed by atoms with Crippen molar-refractivity contribution in [2.24, 2.45) is 0 Å². The average molecular weight is 296 g/mol. The number of nitrogen functional groups attached to an aromatic ring is 1. The van der Waals surface area contributed by atoms with Crippen LogP contribution < -0.4 is 11.1 Å². The monoisotopic (exact) mass is 296 g/mol. The predicted octanol–water partition coefficient (Wildman–Crippen LogP) is 3.76. The fourth-order valence-electron chi connectivity index (χ4n) is 2.99. The van der Waals surface area contributed by atoms with E-state index in [9.17, 15) is 0 Å². The number of nitrogens with zero attached hydrogens (tertiary/aromatic N) is 2. The minimum Gasteiger partial charge on any atom is -0.399 e. The molecule has 2 aromatic heterocycles. The number of hydrogen-bond donors (Lipinski definition) is 2. The van der Waals surface area contributed by atoms with Crippen LogP contribution in [0.1, 0.15) is 29.3 Å². The molecule has 106 valence electrons. The smallest absolute Gasteiger partial charge is 0.137 e. The molecule has 3 N–H and O–H groups in total. The molecule has 1 unspecified atom stereocenters. The third-order valence-corrected chi connectivity index (χ3v) is 5.02. The van der Waals surface area contributed by atoms with Gasteiger partial charge in [-0.2, -0.15) is 0 Å². The Balaban J connectivity index is 1.74. The molecule has 0 radical (unpaired) electrons. The lowest BCUT2D eigenvalue weighted by atomic mass is 9.94. The van der Waals surface area contributed by atoms with E-state index in [-0.39, 0.29) is 0 Å². The van der Waals surface area contributed by atoms with Crippen LogP contribution in [-0.4, -0.2) is 9.97 Å². The fraction of sp³-hybridized carbons (Fsp3) is 0.250. The van der Waals surface area contributed by atoms with E-state index in [0.29, 0.717) is 6.04 Å². The summed E-state index contributed by atoms with van der Waals surface area (Å²) >= 11 is 1.85. The van der Waals surface area contributed by atoms with E-state index < -0.39 is 0 Å². The first-order chi connectivity index (χ1) is 10.3. The van der Waals surface area contributed by atoms with E-state index in [1.807, 2.05) is 29.5 Å². The van der Waals surface area contributed by atoms with Crippen LogP contribution in [0.2, 0.25) is 0 Å². The zero-order valence-electron chi connectivity index (χ0n) is 11.5. The number of nitrogens with two attached hydrogens (primary N) is 1. The molecule has 0 bridgehead atoms. The van der Waals surface area contributed by atoms with Crippen LogP contribution in [0.5, 0.6) is 0 Å². The lowest BCUT2D eigenvalue weighted by Gasteiger charge is -2.24. The van der Waals surface area contributed by atoms with Gasteiger partial charge in [0.15, 0.2) is 0 Å². The van der Waals surface area contributed by atoms with Crippen molar-refractivity contribution in [1.29, 1.82) is 0 Å². The molecule has 1 aromatic carbocycles. The van der Waals surface area contributed by atoms with Gasteiger partial charge in [-0.1, -0.05) is 0 Å². The molecule has 1 atom stereocenters. The highest BCUT2D eigenvalue weighted by Crippen LogP contribution is 2.36. The van der Waals surface area contributed by atoms with Crippen LogP contribution in [0, 0.1) is 0 Å². The fourth-order valence-corrected chi connectivity index (χ4v) is 3.98. The van der Waals surface area contributed by atoms with E-state index in [1.165, 1.54) is 23.3 Å². The van der Waals surface area contributed by atoms with Crippen LogP contribution in [0.15, 0.2) is 36.0 Å². The second-order valence-corrected chi connectivity index (χ2v) is 6.39. The molecule has 4 nitrogen and oxygen atoms in total. The summed E-state index contributed by atoms with van der Waals surface area (Å²) in [4.78, 5) is 10.2. The Morgan fingerprint density at radius 2 is 2.19 bits per heavy atom. The number of aryl methyl sites for hydroxylation is 1. The third kappa shape index (κ3) is 2.23. The van der Waals surface area contributed by atoms with Crippen LogP contribution >= 0.6 is 11.3 Å². The quantitative estimate of drug-likeness (QED) is 0.707. The molecule has 5 heteroatoms. The number of rotatable bonds is 2. The topological polar surface area (TPSA) is 63.8 Å². The summed E-state index contributed by atoms with van der Waals surface area (Å²) in [5.41, 5.74) is 8.98. The van der Waals surface area contributed by atoms with E-state index in [1.54, 1.807) is 6.33 Å².